The maximum absolute atomic E-state index is 13.0. The lowest BCUT2D eigenvalue weighted by atomic mass is 9.85. The lowest BCUT2D eigenvalue weighted by Gasteiger charge is -2.27. The fraction of sp³-hybridized carbons (Fsp3) is 0.562. The van der Waals surface area contributed by atoms with Gasteiger partial charge in [-0.15, -0.1) is 0 Å². The average molecular weight is 297 g/mol. The van der Waals surface area contributed by atoms with Gasteiger partial charge in [0.05, 0.1) is 6.04 Å². The third kappa shape index (κ3) is 6.42. The summed E-state index contributed by atoms with van der Waals surface area (Å²) < 4.78 is 13.0. The molecule has 0 bridgehead atoms. The second kappa shape index (κ2) is 7.67. The van der Waals surface area contributed by atoms with Crippen LogP contribution in [0.25, 0.3) is 0 Å². The van der Waals surface area contributed by atoms with Gasteiger partial charge in [0.25, 0.3) is 0 Å². The molecular formula is C16H24FNOS. The van der Waals surface area contributed by atoms with E-state index < -0.39 is 0 Å². The summed E-state index contributed by atoms with van der Waals surface area (Å²) in [6.45, 7) is 6.41. The van der Waals surface area contributed by atoms with Crippen LogP contribution < -0.4 is 5.32 Å². The van der Waals surface area contributed by atoms with Crippen molar-refractivity contribution in [2.45, 2.75) is 39.7 Å². The zero-order chi connectivity index (χ0) is 15.2. The first kappa shape index (κ1) is 17.0. The molecule has 1 aromatic carbocycles. The lowest BCUT2D eigenvalue weighted by molar-refractivity contribution is -0.121. The fourth-order valence-corrected chi connectivity index (χ4v) is 2.41. The standard InChI is InChI=1S/C16H24FNOS/c1-16(2,3)11-14(18-15(19)9-10-20-4)12-5-7-13(17)8-6-12/h5-8,14H,9-11H2,1-4H3,(H,18,19). The van der Waals surface area contributed by atoms with Gasteiger partial charge >= 0.3 is 0 Å². The summed E-state index contributed by atoms with van der Waals surface area (Å²) in [5.41, 5.74) is 1.05. The Balaban J connectivity index is 2.80. The van der Waals surface area contributed by atoms with Crippen molar-refractivity contribution in [3.05, 3.63) is 35.6 Å². The van der Waals surface area contributed by atoms with E-state index in [9.17, 15) is 9.18 Å². The van der Waals surface area contributed by atoms with Gasteiger partial charge < -0.3 is 5.32 Å². The van der Waals surface area contributed by atoms with Gasteiger partial charge in [-0.2, -0.15) is 11.8 Å². The molecule has 20 heavy (non-hydrogen) atoms. The summed E-state index contributed by atoms with van der Waals surface area (Å²) >= 11 is 1.66. The van der Waals surface area contributed by atoms with E-state index in [0.29, 0.717) is 6.42 Å². The number of hydrogen-bond acceptors (Lipinski definition) is 2. The van der Waals surface area contributed by atoms with Crippen molar-refractivity contribution in [2.24, 2.45) is 5.41 Å². The van der Waals surface area contributed by atoms with E-state index in [2.05, 4.69) is 26.1 Å². The highest BCUT2D eigenvalue weighted by Crippen LogP contribution is 2.29. The van der Waals surface area contributed by atoms with Gasteiger partial charge in [-0.1, -0.05) is 32.9 Å². The summed E-state index contributed by atoms with van der Waals surface area (Å²) in [6, 6.07) is 6.32. The molecule has 0 fully saturated rings. The topological polar surface area (TPSA) is 29.1 Å². The van der Waals surface area contributed by atoms with Gasteiger partial charge in [-0.3, -0.25) is 4.79 Å². The van der Waals surface area contributed by atoms with Gasteiger partial charge in [-0.25, -0.2) is 4.39 Å². The van der Waals surface area contributed by atoms with Gasteiger partial charge in [0.2, 0.25) is 5.91 Å². The molecule has 0 radical (unpaired) electrons. The Labute approximate surface area is 125 Å². The maximum atomic E-state index is 13.0. The number of thioether (sulfide) groups is 1. The Morgan fingerprint density at radius 1 is 1.30 bits per heavy atom. The Morgan fingerprint density at radius 3 is 2.40 bits per heavy atom. The van der Waals surface area contributed by atoms with Gasteiger partial charge in [-0.05, 0) is 35.8 Å². The van der Waals surface area contributed by atoms with E-state index in [-0.39, 0.29) is 23.2 Å². The highest BCUT2D eigenvalue weighted by atomic mass is 32.2. The summed E-state index contributed by atoms with van der Waals surface area (Å²) in [4.78, 5) is 11.9. The first-order valence-electron chi connectivity index (χ1n) is 6.85. The molecule has 1 aromatic rings. The molecule has 1 rings (SSSR count). The number of amides is 1. The molecule has 0 spiro atoms. The molecule has 0 aliphatic carbocycles. The number of hydrogen-bond donors (Lipinski definition) is 1. The normalized spacial score (nSPS) is 13.1. The zero-order valence-electron chi connectivity index (χ0n) is 12.7. The first-order chi connectivity index (χ1) is 9.31. The fourth-order valence-electron chi connectivity index (χ4n) is 2.02. The van der Waals surface area contributed by atoms with Crippen LogP contribution in [0.15, 0.2) is 24.3 Å². The Hall–Kier alpha value is -1.03. The molecule has 1 N–H and O–H groups in total. The molecular weight excluding hydrogens is 273 g/mol. The molecule has 1 atom stereocenters. The van der Waals surface area contributed by atoms with Crippen LogP contribution in [0.1, 0.15) is 45.2 Å². The van der Waals surface area contributed by atoms with Crippen LogP contribution >= 0.6 is 11.8 Å². The van der Waals surface area contributed by atoms with Crippen molar-refractivity contribution in [2.75, 3.05) is 12.0 Å². The predicted molar refractivity (Wildman–Crippen MR) is 84.4 cm³/mol. The predicted octanol–water partition coefficient (Wildman–Crippen LogP) is 4.17. The van der Waals surface area contributed by atoms with Crippen molar-refractivity contribution in [1.82, 2.24) is 5.32 Å². The van der Waals surface area contributed by atoms with Crippen LogP contribution in [0.2, 0.25) is 0 Å². The number of rotatable bonds is 6. The van der Waals surface area contributed by atoms with Crippen LogP contribution in [0.3, 0.4) is 0 Å². The molecule has 0 aliphatic rings. The van der Waals surface area contributed by atoms with E-state index in [1.54, 1.807) is 23.9 Å². The van der Waals surface area contributed by atoms with Gasteiger partial charge in [0, 0.05) is 12.2 Å². The molecule has 1 unspecified atom stereocenters. The van der Waals surface area contributed by atoms with Crippen LogP contribution in [0.4, 0.5) is 4.39 Å². The number of nitrogens with one attached hydrogen (secondary N) is 1. The Bertz CT molecular complexity index is 425. The van der Waals surface area contributed by atoms with Gasteiger partial charge in [0.1, 0.15) is 5.82 Å². The zero-order valence-corrected chi connectivity index (χ0v) is 13.5. The molecule has 2 nitrogen and oxygen atoms in total. The first-order valence-corrected chi connectivity index (χ1v) is 8.25. The monoisotopic (exact) mass is 297 g/mol. The third-order valence-electron chi connectivity index (χ3n) is 2.96. The number of halogens is 1. The summed E-state index contributed by atoms with van der Waals surface area (Å²) in [7, 11) is 0. The number of carbonyl (C=O) groups excluding carboxylic acids is 1. The third-order valence-corrected chi connectivity index (χ3v) is 3.57. The quantitative estimate of drug-likeness (QED) is 0.853. The molecule has 0 saturated heterocycles. The van der Waals surface area contributed by atoms with Crippen LogP contribution in [0.5, 0.6) is 0 Å². The molecule has 1 amide bonds. The van der Waals surface area contributed by atoms with Crippen molar-refractivity contribution in [3.8, 4) is 0 Å². The minimum atomic E-state index is -0.253. The SMILES string of the molecule is CSCCC(=O)NC(CC(C)(C)C)c1ccc(F)cc1. The van der Waals surface area contributed by atoms with E-state index >= 15 is 0 Å². The largest absolute Gasteiger partial charge is 0.349 e. The minimum Gasteiger partial charge on any atom is -0.349 e. The van der Waals surface area contributed by atoms with Crippen LogP contribution in [-0.4, -0.2) is 17.9 Å². The second-order valence-corrected chi connectivity index (χ2v) is 7.16. The van der Waals surface area contributed by atoms with Crippen LogP contribution in [-0.2, 0) is 4.79 Å². The van der Waals surface area contributed by atoms with Crippen molar-refractivity contribution in [1.29, 1.82) is 0 Å². The molecule has 0 saturated carbocycles. The highest BCUT2D eigenvalue weighted by Gasteiger charge is 2.21. The molecule has 0 aliphatic heterocycles. The maximum Gasteiger partial charge on any atom is 0.221 e. The highest BCUT2D eigenvalue weighted by molar-refractivity contribution is 7.98. The lowest BCUT2D eigenvalue weighted by Crippen LogP contribution is -2.31. The van der Waals surface area contributed by atoms with Crippen molar-refractivity contribution in [3.63, 3.8) is 0 Å². The van der Waals surface area contributed by atoms with Crippen molar-refractivity contribution >= 4 is 17.7 Å². The summed E-state index contributed by atoms with van der Waals surface area (Å²) in [5, 5.41) is 3.07. The van der Waals surface area contributed by atoms with E-state index in [4.69, 9.17) is 0 Å². The number of benzene rings is 1. The van der Waals surface area contributed by atoms with E-state index in [1.807, 2.05) is 6.26 Å². The molecule has 4 heteroatoms. The average Bonchev–Trinajstić information content (AvgIpc) is 2.35. The second-order valence-electron chi connectivity index (χ2n) is 6.18. The van der Waals surface area contributed by atoms with E-state index in [1.165, 1.54) is 12.1 Å². The summed E-state index contributed by atoms with van der Waals surface area (Å²) in [6.07, 6.45) is 3.33. The van der Waals surface area contributed by atoms with E-state index in [0.717, 1.165) is 17.7 Å². The minimum absolute atomic E-state index is 0.0536. The van der Waals surface area contributed by atoms with Crippen molar-refractivity contribution < 1.29 is 9.18 Å². The molecule has 112 valence electrons. The number of carbonyl (C=O) groups is 1. The van der Waals surface area contributed by atoms with Gasteiger partial charge in [0.15, 0.2) is 0 Å². The molecule has 0 heterocycles. The Kier molecular flexibility index (Phi) is 6.53. The smallest absolute Gasteiger partial charge is 0.221 e. The molecule has 0 aromatic heterocycles. The Morgan fingerprint density at radius 2 is 1.90 bits per heavy atom. The van der Waals surface area contributed by atoms with Crippen LogP contribution in [0, 0.1) is 11.2 Å². The summed E-state index contributed by atoms with van der Waals surface area (Å²) in [5.74, 6) is 0.618.